The third-order valence-corrected chi connectivity index (χ3v) is 3.02. The van der Waals surface area contributed by atoms with Crippen LogP contribution in [0.5, 0.6) is 0 Å². The third kappa shape index (κ3) is 3.07. The van der Waals surface area contributed by atoms with Crippen molar-refractivity contribution in [3.05, 3.63) is 35.9 Å². The smallest absolute Gasteiger partial charge is 0.364 e. The minimum atomic E-state index is -0.166. The minimum absolute atomic E-state index is 0.162. The van der Waals surface area contributed by atoms with Gasteiger partial charge in [0.1, 0.15) is 6.54 Å². The quantitative estimate of drug-likeness (QED) is 0.574. The van der Waals surface area contributed by atoms with Crippen LogP contribution in [0.15, 0.2) is 30.3 Å². The van der Waals surface area contributed by atoms with Gasteiger partial charge in [-0.3, -0.25) is 0 Å². The topological polar surface area (TPSA) is 26.3 Å². The van der Waals surface area contributed by atoms with Crippen LogP contribution in [0, 0.1) is 0 Å². The Morgan fingerprint density at radius 3 is 2.38 bits per heavy atom. The lowest BCUT2D eigenvalue weighted by Gasteiger charge is -2.34. The molecule has 1 unspecified atom stereocenters. The van der Waals surface area contributed by atoms with Gasteiger partial charge < -0.3 is 9.22 Å². The molecule has 1 aromatic carbocycles. The SMILES string of the molecule is COC(=O)C(C)[N+](C)(C)Cc1ccccc1. The molecule has 3 heteroatoms. The van der Waals surface area contributed by atoms with Crippen LogP contribution in [0.4, 0.5) is 0 Å². The summed E-state index contributed by atoms with van der Waals surface area (Å²) in [7, 11) is 5.50. The normalized spacial score (nSPS) is 13.2. The third-order valence-electron chi connectivity index (χ3n) is 3.02. The van der Waals surface area contributed by atoms with Crippen molar-refractivity contribution in [2.24, 2.45) is 0 Å². The summed E-state index contributed by atoms with van der Waals surface area (Å²) < 4.78 is 5.38. The van der Waals surface area contributed by atoms with Crippen molar-refractivity contribution < 1.29 is 14.0 Å². The van der Waals surface area contributed by atoms with Crippen molar-refractivity contribution in [3.63, 3.8) is 0 Å². The molecule has 0 aromatic heterocycles. The van der Waals surface area contributed by atoms with E-state index in [0.717, 1.165) is 6.54 Å². The molecule has 0 radical (unpaired) electrons. The van der Waals surface area contributed by atoms with E-state index in [1.165, 1.54) is 12.7 Å². The van der Waals surface area contributed by atoms with Gasteiger partial charge in [-0.1, -0.05) is 30.3 Å². The number of carbonyl (C=O) groups is 1. The molecule has 88 valence electrons. The number of methoxy groups -OCH3 is 1. The Hall–Kier alpha value is -1.35. The Morgan fingerprint density at radius 2 is 1.88 bits per heavy atom. The Kier molecular flexibility index (Phi) is 4.07. The van der Waals surface area contributed by atoms with Crippen LogP contribution in [-0.4, -0.2) is 37.7 Å². The van der Waals surface area contributed by atoms with Gasteiger partial charge in [0.05, 0.1) is 21.2 Å². The van der Waals surface area contributed by atoms with E-state index in [1.807, 2.05) is 39.2 Å². The number of nitrogens with zero attached hydrogens (tertiary/aromatic N) is 1. The molecule has 0 saturated heterocycles. The Labute approximate surface area is 97.2 Å². The molecule has 0 saturated carbocycles. The first-order valence-electron chi connectivity index (χ1n) is 5.42. The fraction of sp³-hybridized carbons (Fsp3) is 0.462. The van der Waals surface area contributed by atoms with Gasteiger partial charge in [-0.2, -0.15) is 0 Å². The lowest BCUT2D eigenvalue weighted by Crippen LogP contribution is -2.50. The fourth-order valence-electron chi connectivity index (χ4n) is 1.65. The standard InChI is InChI=1S/C13H20NO2/c1-11(13(15)16-4)14(2,3)10-12-8-6-5-7-9-12/h5-9,11H,10H2,1-4H3/q+1. The molecule has 0 aliphatic rings. The van der Waals surface area contributed by atoms with Crippen LogP contribution < -0.4 is 0 Å². The average molecular weight is 222 g/mol. The summed E-state index contributed by atoms with van der Waals surface area (Å²) in [4.78, 5) is 11.5. The van der Waals surface area contributed by atoms with Crippen molar-refractivity contribution in [1.29, 1.82) is 0 Å². The number of benzene rings is 1. The van der Waals surface area contributed by atoms with Gasteiger partial charge in [-0.15, -0.1) is 0 Å². The number of likely N-dealkylation sites (N-methyl/N-ethyl adjacent to an activating group) is 1. The number of ether oxygens (including phenoxy) is 1. The highest BCUT2D eigenvalue weighted by atomic mass is 16.5. The number of esters is 1. The Bertz CT molecular complexity index is 346. The number of hydrogen-bond acceptors (Lipinski definition) is 2. The molecule has 1 rings (SSSR count). The summed E-state index contributed by atoms with van der Waals surface area (Å²) in [6, 6.07) is 10.0. The second-order valence-corrected chi connectivity index (χ2v) is 4.62. The van der Waals surface area contributed by atoms with Gasteiger partial charge in [0, 0.05) is 5.56 Å². The molecule has 0 aliphatic carbocycles. The Morgan fingerprint density at radius 1 is 1.31 bits per heavy atom. The molecule has 0 bridgehead atoms. The molecule has 0 N–H and O–H groups in total. The molecule has 16 heavy (non-hydrogen) atoms. The van der Waals surface area contributed by atoms with Gasteiger partial charge in [0.25, 0.3) is 0 Å². The zero-order valence-corrected chi connectivity index (χ0v) is 10.4. The maximum absolute atomic E-state index is 11.5. The lowest BCUT2D eigenvalue weighted by molar-refractivity contribution is -0.917. The summed E-state index contributed by atoms with van der Waals surface area (Å²) in [6.07, 6.45) is 0. The van der Waals surface area contributed by atoms with E-state index in [-0.39, 0.29) is 12.0 Å². The summed E-state index contributed by atoms with van der Waals surface area (Å²) in [5, 5.41) is 0. The predicted molar refractivity (Wildman–Crippen MR) is 63.7 cm³/mol. The van der Waals surface area contributed by atoms with E-state index >= 15 is 0 Å². The van der Waals surface area contributed by atoms with Crippen LogP contribution in [0.1, 0.15) is 12.5 Å². The van der Waals surface area contributed by atoms with E-state index in [2.05, 4.69) is 12.1 Å². The number of quaternary nitrogens is 1. The van der Waals surface area contributed by atoms with E-state index in [4.69, 9.17) is 4.74 Å². The second-order valence-electron chi connectivity index (χ2n) is 4.62. The van der Waals surface area contributed by atoms with Crippen LogP contribution >= 0.6 is 0 Å². The highest BCUT2D eigenvalue weighted by Crippen LogP contribution is 2.14. The van der Waals surface area contributed by atoms with Crippen LogP contribution in [0.3, 0.4) is 0 Å². The van der Waals surface area contributed by atoms with E-state index in [9.17, 15) is 4.79 Å². The van der Waals surface area contributed by atoms with Crippen LogP contribution in [-0.2, 0) is 16.1 Å². The van der Waals surface area contributed by atoms with Crippen molar-refractivity contribution in [2.45, 2.75) is 19.5 Å². The van der Waals surface area contributed by atoms with Crippen molar-refractivity contribution in [1.82, 2.24) is 0 Å². The maximum atomic E-state index is 11.5. The average Bonchev–Trinajstić information content (AvgIpc) is 2.27. The molecule has 1 aromatic rings. The minimum Gasteiger partial charge on any atom is -0.465 e. The zero-order valence-electron chi connectivity index (χ0n) is 10.4. The molecular formula is C13H20NO2+. The number of hydrogen-bond donors (Lipinski definition) is 0. The summed E-state index contributed by atoms with van der Waals surface area (Å²) in [5.74, 6) is -0.166. The van der Waals surface area contributed by atoms with Gasteiger partial charge in [0.15, 0.2) is 6.04 Å². The maximum Gasteiger partial charge on any atom is 0.364 e. The highest BCUT2D eigenvalue weighted by Gasteiger charge is 2.31. The molecule has 3 nitrogen and oxygen atoms in total. The van der Waals surface area contributed by atoms with Crippen molar-refractivity contribution in [2.75, 3.05) is 21.2 Å². The van der Waals surface area contributed by atoms with Gasteiger partial charge in [-0.25, -0.2) is 4.79 Å². The van der Waals surface area contributed by atoms with Crippen molar-refractivity contribution in [3.8, 4) is 0 Å². The molecule has 0 aliphatic heterocycles. The lowest BCUT2D eigenvalue weighted by atomic mass is 10.1. The van der Waals surface area contributed by atoms with Crippen LogP contribution in [0.25, 0.3) is 0 Å². The van der Waals surface area contributed by atoms with Gasteiger partial charge >= 0.3 is 5.97 Å². The van der Waals surface area contributed by atoms with E-state index in [0.29, 0.717) is 4.48 Å². The molecule has 0 spiro atoms. The van der Waals surface area contributed by atoms with E-state index in [1.54, 1.807) is 0 Å². The second kappa shape index (κ2) is 5.12. The highest BCUT2D eigenvalue weighted by molar-refractivity contribution is 5.73. The molecule has 0 amide bonds. The predicted octanol–water partition coefficient (Wildman–Crippen LogP) is 1.82. The number of carbonyl (C=O) groups excluding carboxylic acids is 1. The first-order chi connectivity index (χ1) is 7.47. The summed E-state index contributed by atoms with van der Waals surface area (Å²) in [5.41, 5.74) is 1.23. The van der Waals surface area contributed by atoms with Gasteiger partial charge in [-0.05, 0) is 6.92 Å². The molecular weight excluding hydrogens is 202 g/mol. The van der Waals surface area contributed by atoms with E-state index < -0.39 is 0 Å². The van der Waals surface area contributed by atoms with Crippen molar-refractivity contribution >= 4 is 5.97 Å². The fourth-order valence-corrected chi connectivity index (χ4v) is 1.65. The summed E-state index contributed by atoms with van der Waals surface area (Å²) >= 11 is 0. The summed E-state index contributed by atoms with van der Waals surface area (Å²) in [6.45, 7) is 2.71. The Balaban J connectivity index is 2.75. The molecule has 0 heterocycles. The number of rotatable bonds is 4. The largest absolute Gasteiger partial charge is 0.465 e. The monoisotopic (exact) mass is 222 g/mol. The van der Waals surface area contributed by atoms with Crippen LogP contribution in [0.2, 0.25) is 0 Å². The first-order valence-corrected chi connectivity index (χ1v) is 5.42. The molecule has 1 atom stereocenters. The molecule has 0 fully saturated rings. The van der Waals surface area contributed by atoms with Gasteiger partial charge in [0.2, 0.25) is 0 Å². The first kappa shape index (κ1) is 12.7. The zero-order chi connectivity index (χ0) is 12.2.